The normalized spacial score (nSPS) is 32.4. The second-order valence-electron chi connectivity index (χ2n) is 41.1. The van der Waals surface area contributed by atoms with Gasteiger partial charge in [-0.15, -0.1) is 11.8 Å². The summed E-state index contributed by atoms with van der Waals surface area (Å²) >= 11 is 3.45. The number of urea groups is 1. The maximum absolute atomic E-state index is 13.9. The number of aliphatic hydroxyl groups is 4. The van der Waals surface area contributed by atoms with Crippen molar-refractivity contribution < 1.29 is 116 Å². The number of unbranched alkanes of at least 4 members (excludes halogenated alkanes) is 1. The number of aryl methyl sites for hydroxylation is 1. The molecule has 0 radical (unpaired) electrons. The van der Waals surface area contributed by atoms with Gasteiger partial charge in [0.15, 0.2) is 0 Å². The van der Waals surface area contributed by atoms with Crippen LogP contribution in [-0.2, 0) is 92.1 Å². The minimum Gasteiger partial charge on any atom is -0.468 e. The average Bonchev–Trinajstić information content (AvgIpc) is 1.57. The van der Waals surface area contributed by atoms with Gasteiger partial charge in [-0.1, -0.05) is 90.1 Å². The Bertz CT molecular complexity index is 4690. The molecule has 0 spiro atoms. The number of aliphatic hydroxyl groups excluding tert-OH is 2. The molecule has 3 aromatic rings. The fourth-order valence-corrected chi connectivity index (χ4v) is 28.3. The van der Waals surface area contributed by atoms with Crippen molar-refractivity contribution in [2.75, 3.05) is 148 Å². The first-order chi connectivity index (χ1) is 64.2. The third-order valence-corrected chi connectivity index (χ3v) is 35.1. The smallest absolute Gasteiger partial charge is 0.407 e. The van der Waals surface area contributed by atoms with E-state index in [1.807, 2.05) is 54.8 Å². The van der Waals surface area contributed by atoms with Crippen LogP contribution in [0.15, 0.2) is 71.8 Å². The number of nitrogens with one attached hydrogen (secondary N) is 7. The maximum Gasteiger partial charge on any atom is 0.407 e. The molecule has 4 aliphatic heterocycles. The van der Waals surface area contributed by atoms with Crippen LogP contribution in [0.1, 0.15) is 190 Å². The molecule has 15 rings (SSSR count). The summed E-state index contributed by atoms with van der Waals surface area (Å²) in [6, 6.07) is 16.5. The monoisotopic (exact) mass is 1920 g/mol. The molecule has 21 atom stereocenters. The number of hydrogen-bond acceptors (Lipinski definition) is 26. The summed E-state index contributed by atoms with van der Waals surface area (Å²) in [6.07, 6.45) is 17.5. The quantitative estimate of drug-likeness (QED) is 0.00828. The lowest BCUT2D eigenvalue weighted by molar-refractivity contribution is -0.243. The predicted octanol–water partition coefficient (Wildman–Crippen LogP) is 9.40. The first kappa shape index (κ1) is 105. The van der Waals surface area contributed by atoms with E-state index in [4.69, 9.17) is 47.4 Å². The second-order valence-corrected chi connectivity index (χ2v) is 43.4. The summed E-state index contributed by atoms with van der Waals surface area (Å²) < 4.78 is 53.3. The van der Waals surface area contributed by atoms with Crippen LogP contribution in [0.3, 0.4) is 0 Å². The molecule has 0 bridgehead atoms. The van der Waals surface area contributed by atoms with Gasteiger partial charge in [-0.3, -0.25) is 33.7 Å². The Balaban J connectivity index is 0.000000251. The Labute approximate surface area is 802 Å². The number of thioether (sulfide) groups is 2. The van der Waals surface area contributed by atoms with Gasteiger partial charge in [0.25, 0.3) is 0 Å². The number of hydrogen-bond donors (Lipinski definition) is 11. The van der Waals surface area contributed by atoms with Gasteiger partial charge in [0.05, 0.1) is 107 Å². The number of esters is 3. The molecule has 0 aromatic heterocycles. The SMILES string of the molecule is C.CC(C)(C)OC(=O)NCCOCCOCCNC(=O)COCC(=O)NC1CCC2(C)C(CCC3C2CC(O)C2(C)C(C4=CC(=O)OC4)CCC32O)C1.COC(=O)CSCCc1c2ccccc2c(N2C(=O)NC3C(CCCCC(=O)NCCOCCOCCNC(=O)COCC(=O)NC4CCC5(C)C(CCC6C5CC(O)C5(C)C(C7=CC(=O)OC7)CCC65O)C4)SCC32)c2ccccc12. The minimum absolute atomic E-state index is 0. The van der Waals surface area contributed by atoms with Crippen LogP contribution in [0, 0.1) is 69.0 Å². The number of carbonyl (C=O) groups is 10. The molecule has 3 aromatic carbocycles. The van der Waals surface area contributed by atoms with Crippen LogP contribution < -0.4 is 42.1 Å². The van der Waals surface area contributed by atoms with Gasteiger partial charge in [0.2, 0.25) is 29.5 Å². The molecule has 21 unspecified atom stereocenters. The van der Waals surface area contributed by atoms with Crippen LogP contribution in [0.4, 0.5) is 15.3 Å². The van der Waals surface area contributed by atoms with Crippen molar-refractivity contribution in [3.63, 3.8) is 0 Å². The number of alkyl carbamates (subject to hydrolysis) is 1. The van der Waals surface area contributed by atoms with Gasteiger partial charge in [-0.25, -0.2) is 19.2 Å². The number of nitrogens with zero attached hydrogens (tertiary/aromatic N) is 1. The van der Waals surface area contributed by atoms with Crippen molar-refractivity contribution in [1.82, 2.24) is 37.2 Å². The van der Waals surface area contributed by atoms with E-state index in [1.165, 1.54) is 12.7 Å². The van der Waals surface area contributed by atoms with Crippen LogP contribution in [0.25, 0.3) is 21.5 Å². The molecule has 11 N–H and O–H groups in total. The minimum atomic E-state index is -1.03. The van der Waals surface area contributed by atoms with Crippen LogP contribution in [0.5, 0.6) is 0 Å². The van der Waals surface area contributed by atoms with Crippen molar-refractivity contribution >= 4 is 110 Å². The van der Waals surface area contributed by atoms with Crippen molar-refractivity contribution in [2.45, 2.75) is 249 Å². The van der Waals surface area contributed by atoms with Crippen LogP contribution in [-0.4, -0.2) is 281 Å². The molecule has 10 fully saturated rings. The van der Waals surface area contributed by atoms with Gasteiger partial charge in [-0.05, 0) is 234 Å². The van der Waals surface area contributed by atoms with E-state index in [2.05, 4.69) is 75.3 Å². The zero-order valence-electron chi connectivity index (χ0n) is 79.3. The largest absolute Gasteiger partial charge is 0.468 e. The lowest BCUT2D eigenvalue weighted by atomic mass is 9.42. The summed E-state index contributed by atoms with van der Waals surface area (Å²) in [6.45, 7) is 17.5. The number of benzene rings is 3. The Morgan fingerprint density at radius 3 is 1.45 bits per heavy atom. The van der Waals surface area contributed by atoms with E-state index < -0.39 is 45.9 Å². The molecule has 4 heterocycles. The van der Waals surface area contributed by atoms with Gasteiger partial charge >= 0.3 is 30.0 Å². The van der Waals surface area contributed by atoms with E-state index in [1.54, 1.807) is 44.7 Å². The lowest BCUT2D eigenvalue weighted by Crippen LogP contribution is -2.67. The first-order valence-corrected chi connectivity index (χ1v) is 51.1. The number of amides is 8. The maximum atomic E-state index is 13.9. The van der Waals surface area contributed by atoms with Gasteiger partial charge in [0.1, 0.15) is 45.2 Å². The molecule has 32 nitrogen and oxygen atoms in total. The highest BCUT2D eigenvalue weighted by atomic mass is 32.2. The predicted molar refractivity (Wildman–Crippen MR) is 511 cm³/mol. The van der Waals surface area contributed by atoms with Crippen LogP contribution in [0.2, 0.25) is 0 Å². The molecule has 8 saturated carbocycles. The van der Waals surface area contributed by atoms with E-state index in [0.29, 0.717) is 116 Å². The highest BCUT2D eigenvalue weighted by Crippen LogP contribution is 2.72. The molecule has 8 aliphatic carbocycles. The summed E-state index contributed by atoms with van der Waals surface area (Å²) in [5.41, 5.74) is -0.256. The molecular weight excluding hydrogens is 1770 g/mol. The van der Waals surface area contributed by atoms with Crippen molar-refractivity contribution in [3.05, 3.63) is 77.4 Å². The van der Waals surface area contributed by atoms with Crippen molar-refractivity contribution in [1.29, 1.82) is 0 Å². The standard InChI is InChI=1S/C62H83N5O13S2.C38H61N3O11.CH4/c1-60-21-18-40(31-39(60)16-17-47-48(60)32-51(68)61(2)46(19-22-62(47,61)75)38-30-55(72)80-33-38)65-54(71)35-79-34-53(70)64-24-26-78-28-27-77-25-23-63-52(69)15-9-8-14-50-57-49(36-82-50)67(59(74)66-57)58-44-12-6-4-10-41(44)43(20-29-81-37-56(73)76-3)42-11-5-7-13-45(42)58;1-35(2,3)52-34(46)40-13-15-49-17-16-48-14-12-39-31(43)22-50-23-32(44)41-26-8-10-36(4)25(19-26)6-7-28-29(36)20-30(42)37(5)27(9-11-38(28,37)47)24-18-33(45)51-21-24;/h4-7,10-13,30,39-40,46-51,57,68,75H,8-9,14-29,31-37H2,1-3H3,(H,63,69)(H,64,70)(H,65,71)(H,66,74);18,25-30,42,47H,6-17,19-23H2,1-5H3,(H,39,43)(H,40,46)(H,41,44);1H4. The Hall–Kier alpha value is -7.74. The molecule has 8 amide bonds. The highest BCUT2D eigenvalue weighted by molar-refractivity contribution is 8.00. The average molecular weight is 1920 g/mol. The number of anilines is 1. The van der Waals surface area contributed by atoms with Gasteiger partial charge in [-0.2, -0.15) is 11.8 Å². The molecule has 34 heteroatoms. The van der Waals surface area contributed by atoms with Crippen LogP contribution >= 0.6 is 23.5 Å². The Morgan fingerprint density at radius 1 is 0.548 bits per heavy atom. The zero-order chi connectivity index (χ0) is 95.3. The van der Waals surface area contributed by atoms with Crippen molar-refractivity contribution in [3.8, 4) is 0 Å². The number of cyclic esters (lactones) is 2. The summed E-state index contributed by atoms with van der Waals surface area (Å²) in [7, 11) is 1.41. The van der Waals surface area contributed by atoms with E-state index in [9.17, 15) is 68.4 Å². The van der Waals surface area contributed by atoms with E-state index in [-0.39, 0.29) is 189 Å². The second kappa shape index (κ2) is 46.1. The fourth-order valence-electron chi connectivity index (χ4n) is 26.0. The summed E-state index contributed by atoms with van der Waals surface area (Å²) in [4.78, 5) is 126. The summed E-state index contributed by atoms with van der Waals surface area (Å²) in [5.74, 6) is 0.733. The third-order valence-electron chi connectivity index (χ3n) is 32.7. The number of fused-ring (bicyclic) bond motifs is 13. The van der Waals surface area contributed by atoms with Gasteiger partial charge in [0, 0.05) is 89.4 Å². The first-order valence-electron chi connectivity index (χ1n) is 48.9. The number of rotatable bonds is 41. The zero-order valence-corrected chi connectivity index (χ0v) is 81.0. The van der Waals surface area contributed by atoms with E-state index >= 15 is 0 Å². The molecule has 135 heavy (non-hydrogen) atoms. The third kappa shape index (κ3) is 23.5. The number of methoxy groups -OCH3 is 1. The highest BCUT2D eigenvalue weighted by Gasteiger charge is 2.73. The molecular formula is C101H148N8O24S2. The molecule has 2 saturated heterocycles. The number of carbonyl (C=O) groups excluding carboxylic acids is 10. The summed E-state index contributed by atoms with van der Waals surface area (Å²) in [5, 5.41) is 73.7. The molecule has 748 valence electrons. The van der Waals surface area contributed by atoms with Crippen molar-refractivity contribution in [2.24, 2.45) is 69.0 Å². The number of ether oxygens (including phenoxy) is 10. The van der Waals surface area contributed by atoms with E-state index in [0.717, 1.165) is 153 Å². The Kier molecular flexibility index (Phi) is 35.7. The fraction of sp³-hybridized carbons (Fsp3) is 0.723. The Morgan fingerprint density at radius 2 is 1.00 bits per heavy atom. The van der Waals surface area contributed by atoms with Gasteiger partial charge < -0.3 is 105 Å². The lowest BCUT2D eigenvalue weighted by Gasteiger charge is -2.65. The molecule has 12 aliphatic rings. The topological polar surface area (TPSA) is 431 Å².